The Balaban J connectivity index is 2.84. The number of nitrogens with two attached hydrogens (primary N) is 1. The number of carbonyl (C=O) groups excluding carboxylic acids is 1. The second-order valence-corrected chi connectivity index (χ2v) is 4.48. The Morgan fingerprint density at radius 1 is 1.56 bits per heavy atom. The zero-order chi connectivity index (χ0) is 12.3. The van der Waals surface area contributed by atoms with E-state index in [1.54, 1.807) is 10.9 Å². The number of rotatable bonds is 4. The molecule has 0 aliphatic heterocycles. The molecule has 0 aliphatic carbocycles. The van der Waals surface area contributed by atoms with Crippen molar-refractivity contribution < 1.29 is 4.79 Å². The predicted octanol–water partition coefficient (Wildman–Crippen LogP) is 1.40. The standard InChI is InChI=1S/C11H20N4O/c1-5-11(3,4)13-10(16)9-8(12)7-15(6-2)14-9/h7H,5-6,12H2,1-4H3,(H,13,16). The highest BCUT2D eigenvalue weighted by Gasteiger charge is 2.22. The highest BCUT2D eigenvalue weighted by atomic mass is 16.2. The number of aromatic nitrogens is 2. The van der Waals surface area contributed by atoms with Crippen molar-refractivity contribution in [1.82, 2.24) is 15.1 Å². The third-order valence-corrected chi connectivity index (χ3v) is 2.66. The Bertz CT molecular complexity index is 381. The van der Waals surface area contributed by atoms with Gasteiger partial charge in [0.1, 0.15) is 0 Å². The maximum absolute atomic E-state index is 11.9. The molecule has 0 spiro atoms. The van der Waals surface area contributed by atoms with Crippen LogP contribution >= 0.6 is 0 Å². The van der Waals surface area contributed by atoms with Gasteiger partial charge >= 0.3 is 0 Å². The van der Waals surface area contributed by atoms with Crippen LogP contribution in [0, 0.1) is 0 Å². The van der Waals surface area contributed by atoms with Crippen LogP contribution in [-0.2, 0) is 6.54 Å². The fourth-order valence-electron chi connectivity index (χ4n) is 1.23. The van der Waals surface area contributed by atoms with Crippen LogP contribution < -0.4 is 11.1 Å². The molecule has 0 saturated heterocycles. The van der Waals surface area contributed by atoms with Crippen LogP contribution in [0.25, 0.3) is 0 Å². The molecule has 1 aromatic heterocycles. The number of hydrogen-bond acceptors (Lipinski definition) is 3. The Labute approximate surface area is 96.0 Å². The number of amides is 1. The first-order chi connectivity index (χ1) is 7.39. The van der Waals surface area contributed by atoms with Crippen LogP contribution in [0.15, 0.2) is 6.20 Å². The lowest BCUT2D eigenvalue weighted by Gasteiger charge is -2.23. The number of nitrogens with zero attached hydrogens (tertiary/aromatic N) is 2. The van der Waals surface area contributed by atoms with E-state index in [1.807, 2.05) is 27.7 Å². The number of anilines is 1. The predicted molar refractivity (Wildman–Crippen MR) is 64.1 cm³/mol. The number of aryl methyl sites for hydroxylation is 1. The van der Waals surface area contributed by atoms with E-state index in [9.17, 15) is 4.79 Å². The Kier molecular flexibility index (Phi) is 3.57. The summed E-state index contributed by atoms with van der Waals surface area (Å²) >= 11 is 0. The van der Waals surface area contributed by atoms with Crippen molar-refractivity contribution in [3.8, 4) is 0 Å². The lowest BCUT2D eigenvalue weighted by Crippen LogP contribution is -2.43. The molecule has 1 rings (SSSR count). The number of hydrogen-bond donors (Lipinski definition) is 2. The van der Waals surface area contributed by atoms with Crippen molar-refractivity contribution >= 4 is 11.6 Å². The van der Waals surface area contributed by atoms with E-state index in [-0.39, 0.29) is 11.4 Å². The molecule has 1 aromatic rings. The molecule has 5 nitrogen and oxygen atoms in total. The molecule has 1 heterocycles. The van der Waals surface area contributed by atoms with Crippen LogP contribution in [-0.4, -0.2) is 21.2 Å². The van der Waals surface area contributed by atoms with Crippen molar-refractivity contribution in [3.63, 3.8) is 0 Å². The summed E-state index contributed by atoms with van der Waals surface area (Å²) in [7, 11) is 0. The molecule has 0 atom stereocenters. The van der Waals surface area contributed by atoms with Crippen LogP contribution in [0.4, 0.5) is 5.69 Å². The lowest BCUT2D eigenvalue weighted by atomic mass is 10.0. The van der Waals surface area contributed by atoms with Crippen molar-refractivity contribution in [1.29, 1.82) is 0 Å². The van der Waals surface area contributed by atoms with Crippen LogP contribution in [0.5, 0.6) is 0 Å². The fraction of sp³-hybridized carbons (Fsp3) is 0.636. The van der Waals surface area contributed by atoms with Gasteiger partial charge < -0.3 is 11.1 Å². The molecule has 0 aliphatic rings. The summed E-state index contributed by atoms with van der Waals surface area (Å²) < 4.78 is 1.66. The van der Waals surface area contributed by atoms with Gasteiger partial charge in [-0.2, -0.15) is 5.10 Å². The molecule has 0 aromatic carbocycles. The van der Waals surface area contributed by atoms with Crippen LogP contribution in [0.2, 0.25) is 0 Å². The molecule has 1 amide bonds. The van der Waals surface area contributed by atoms with Crippen LogP contribution in [0.1, 0.15) is 44.6 Å². The first kappa shape index (κ1) is 12.5. The zero-order valence-corrected chi connectivity index (χ0v) is 10.4. The average molecular weight is 224 g/mol. The maximum Gasteiger partial charge on any atom is 0.274 e. The normalized spacial score (nSPS) is 11.5. The number of nitrogens with one attached hydrogen (secondary N) is 1. The lowest BCUT2D eigenvalue weighted by molar-refractivity contribution is 0.0906. The molecular formula is C11H20N4O. The Morgan fingerprint density at radius 3 is 2.62 bits per heavy atom. The van der Waals surface area contributed by atoms with Gasteiger partial charge in [-0.25, -0.2) is 0 Å². The van der Waals surface area contributed by atoms with Gasteiger partial charge in [-0.1, -0.05) is 6.92 Å². The SMILES string of the molecule is CCn1cc(N)c(C(=O)NC(C)(C)CC)n1. The van der Waals surface area contributed by atoms with Gasteiger partial charge in [-0.15, -0.1) is 0 Å². The summed E-state index contributed by atoms with van der Waals surface area (Å²) in [5.74, 6) is -0.212. The average Bonchev–Trinajstić information content (AvgIpc) is 2.59. The van der Waals surface area contributed by atoms with Crippen molar-refractivity contribution in [2.45, 2.75) is 46.2 Å². The van der Waals surface area contributed by atoms with Crippen molar-refractivity contribution in [3.05, 3.63) is 11.9 Å². The fourth-order valence-corrected chi connectivity index (χ4v) is 1.23. The minimum Gasteiger partial charge on any atom is -0.396 e. The van der Waals surface area contributed by atoms with E-state index < -0.39 is 0 Å². The van der Waals surface area contributed by atoms with Gasteiger partial charge in [0.05, 0.1) is 5.69 Å². The second kappa shape index (κ2) is 4.55. The summed E-state index contributed by atoms with van der Waals surface area (Å²) in [4.78, 5) is 11.9. The molecule has 0 bridgehead atoms. The largest absolute Gasteiger partial charge is 0.396 e. The molecular weight excluding hydrogens is 204 g/mol. The number of nitrogen functional groups attached to an aromatic ring is 1. The molecule has 16 heavy (non-hydrogen) atoms. The first-order valence-corrected chi connectivity index (χ1v) is 5.55. The molecule has 5 heteroatoms. The maximum atomic E-state index is 11.9. The molecule has 0 saturated carbocycles. The monoisotopic (exact) mass is 224 g/mol. The van der Waals surface area contributed by atoms with Crippen molar-refractivity contribution in [2.24, 2.45) is 0 Å². The van der Waals surface area contributed by atoms with E-state index >= 15 is 0 Å². The molecule has 0 unspecified atom stereocenters. The highest BCUT2D eigenvalue weighted by Crippen LogP contribution is 2.12. The van der Waals surface area contributed by atoms with Gasteiger partial charge in [-0.3, -0.25) is 9.48 Å². The van der Waals surface area contributed by atoms with Gasteiger partial charge in [0.2, 0.25) is 0 Å². The summed E-state index contributed by atoms with van der Waals surface area (Å²) in [5.41, 5.74) is 6.23. The van der Waals surface area contributed by atoms with Gasteiger partial charge in [0, 0.05) is 18.3 Å². The quantitative estimate of drug-likeness (QED) is 0.812. The Morgan fingerprint density at radius 2 is 2.19 bits per heavy atom. The van der Waals surface area contributed by atoms with Gasteiger partial charge in [0.15, 0.2) is 5.69 Å². The van der Waals surface area contributed by atoms with Crippen molar-refractivity contribution in [2.75, 3.05) is 5.73 Å². The van der Waals surface area contributed by atoms with E-state index in [1.165, 1.54) is 0 Å². The summed E-state index contributed by atoms with van der Waals surface area (Å²) in [5, 5.41) is 7.03. The molecule has 3 N–H and O–H groups in total. The Hall–Kier alpha value is -1.52. The number of carbonyl (C=O) groups is 1. The van der Waals surface area contributed by atoms with Gasteiger partial charge in [0.25, 0.3) is 5.91 Å². The summed E-state index contributed by atoms with van der Waals surface area (Å²) in [6.45, 7) is 8.61. The van der Waals surface area contributed by atoms with E-state index in [0.29, 0.717) is 17.9 Å². The second-order valence-electron chi connectivity index (χ2n) is 4.48. The van der Waals surface area contributed by atoms with Crippen LogP contribution in [0.3, 0.4) is 0 Å². The zero-order valence-electron chi connectivity index (χ0n) is 10.4. The van der Waals surface area contributed by atoms with E-state index in [0.717, 1.165) is 6.42 Å². The third-order valence-electron chi connectivity index (χ3n) is 2.66. The molecule has 0 fully saturated rings. The molecule has 90 valence electrons. The third kappa shape index (κ3) is 2.74. The molecule has 0 radical (unpaired) electrons. The smallest absolute Gasteiger partial charge is 0.274 e. The first-order valence-electron chi connectivity index (χ1n) is 5.55. The minimum atomic E-state index is -0.237. The minimum absolute atomic E-state index is 0.212. The summed E-state index contributed by atoms with van der Waals surface area (Å²) in [6, 6.07) is 0. The topological polar surface area (TPSA) is 72.9 Å². The van der Waals surface area contributed by atoms with E-state index in [4.69, 9.17) is 5.73 Å². The highest BCUT2D eigenvalue weighted by molar-refractivity contribution is 5.97. The van der Waals surface area contributed by atoms with E-state index in [2.05, 4.69) is 10.4 Å². The summed E-state index contributed by atoms with van der Waals surface area (Å²) in [6.07, 6.45) is 2.53. The van der Waals surface area contributed by atoms with Gasteiger partial charge in [-0.05, 0) is 27.2 Å².